The predicted octanol–water partition coefficient (Wildman–Crippen LogP) is 5.96. The number of amides is 1. The van der Waals surface area contributed by atoms with Gasteiger partial charge in [-0.3, -0.25) is 9.59 Å². The fourth-order valence-corrected chi connectivity index (χ4v) is 5.25. The molecule has 0 spiro atoms. The third-order valence-corrected chi connectivity index (χ3v) is 7.21. The van der Waals surface area contributed by atoms with Gasteiger partial charge in [-0.25, -0.2) is 4.79 Å². The van der Waals surface area contributed by atoms with Gasteiger partial charge >= 0.3 is 12.1 Å². The first-order chi connectivity index (χ1) is 19.0. The van der Waals surface area contributed by atoms with Crippen LogP contribution in [0, 0.1) is 0 Å². The molecule has 0 radical (unpaired) electrons. The van der Waals surface area contributed by atoms with Crippen LogP contribution in [0.15, 0.2) is 109 Å². The maximum atomic E-state index is 13.4. The first-order valence-electron chi connectivity index (χ1n) is 13.0. The molecule has 1 aliphatic carbocycles. The van der Waals surface area contributed by atoms with Crippen molar-refractivity contribution in [3.8, 4) is 11.1 Å². The van der Waals surface area contributed by atoms with E-state index in [1.807, 2.05) is 66.7 Å². The van der Waals surface area contributed by atoms with E-state index in [0.29, 0.717) is 5.56 Å². The Morgan fingerprint density at radius 1 is 0.744 bits per heavy atom. The summed E-state index contributed by atoms with van der Waals surface area (Å²) in [6, 6.07) is 33.2. The Morgan fingerprint density at radius 3 is 1.87 bits per heavy atom. The van der Waals surface area contributed by atoms with Crippen molar-refractivity contribution in [2.24, 2.45) is 0 Å². The summed E-state index contributed by atoms with van der Waals surface area (Å²) in [4.78, 5) is 38.5. The standard InChI is InChI=1S/C33H29NO5/c35-31(20-28(32(36)37)23-13-5-2-6-14-23)30(19-22-11-3-1-4-12-22)34-33(38)39-21-29-26-17-9-7-15-24(26)25-16-8-10-18-27(25)29/h1-18,28-30H,19-21H2,(H,34,38)(H,36,37)/t28-,30+/m1/s1. The summed E-state index contributed by atoms with van der Waals surface area (Å²) in [6.07, 6.45) is -0.733. The number of aliphatic carboxylic acids is 1. The Balaban J connectivity index is 1.31. The van der Waals surface area contributed by atoms with Gasteiger partial charge in [-0.1, -0.05) is 109 Å². The molecular weight excluding hydrogens is 490 g/mol. The second-order valence-electron chi connectivity index (χ2n) is 9.68. The number of fused-ring (bicyclic) bond motifs is 3. The molecule has 2 atom stereocenters. The first-order valence-corrected chi connectivity index (χ1v) is 13.0. The van der Waals surface area contributed by atoms with Crippen molar-refractivity contribution in [3.63, 3.8) is 0 Å². The third kappa shape index (κ3) is 5.91. The van der Waals surface area contributed by atoms with Gasteiger partial charge in [0.1, 0.15) is 6.61 Å². The molecular formula is C33H29NO5. The summed E-state index contributed by atoms with van der Waals surface area (Å²) in [7, 11) is 0. The quantitative estimate of drug-likeness (QED) is 0.270. The van der Waals surface area contributed by atoms with Gasteiger partial charge in [0.15, 0.2) is 5.78 Å². The Labute approximate surface area is 227 Å². The maximum absolute atomic E-state index is 13.4. The number of alkyl carbamates (subject to hydrolysis) is 1. The zero-order valence-corrected chi connectivity index (χ0v) is 21.3. The summed E-state index contributed by atoms with van der Waals surface area (Å²) in [5.41, 5.74) is 5.82. The lowest BCUT2D eigenvalue weighted by atomic mass is 9.90. The molecule has 0 saturated carbocycles. The van der Waals surface area contributed by atoms with Crippen LogP contribution in [0.5, 0.6) is 0 Å². The minimum atomic E-state index is -1.09. The highest BCUT2D eigenvalue weighted by Crippen LogP contribution is 2.44. The van der Waals surface area contributed by atoms with Crippen molar-refractivity contribution >= 4 is 17.8 Å². The van der Waals surface area contributed by atoms with Crippen LogP contribution in [-0.4, -0.2) is 35.6 Å². The molecule has 0 fully saturated rings. The number of carboxylic acid groups (broad SMARTS) is 1. The summed E-state index contributed by atoms with van der Waals surface area (Å²) in [5.74, 6) is -2.58. The van der Waals surface area contributed by atoms with Gasteiger partial charge < -0.3 is 15.2 Å². The highest BCUT2D eigenvalue weighted by molar-refractivity contribution is 5.92. The molecule has 0 aromatic heterocycles. The second kappa shape index (κ2) is 11.8. The first kappa shape index (κ1) is 25.9. The van der Waals surface area contributed by atoms with Crippen molar-refractivity contribution in [3.05, 3.63) is 131 Å². The number of ether oxygens (including phenoxy) is 1. The number of nitrogens with one attached hydrogen (secondary N) is 1. The number of rotatable bonds is 10. The predicted molar refractivity (Wildman–Crippen MR) is 149 cm³/mol. The molecule has 6 nitrogen and oxygen atoms in total. The summed E-state index contributed by atoms with van der Waals surface area (Å²) < 4.78 is 5.68. The lowest BCUT2D eigenvalue weighted by molar-refractivity contribution is -0.140. The van der Waals surface area contributed by atoms with E-state index in [0.717, 1.165) is 27.8 Å². The molecule has 196 valence electrons. The average Bonchev–Trinajstić information content (AvgIpc) is 3.29. The normalized spacial score (nSPS) is 13.5. The smallest absolute Gasteiger partial charge is 0.407 e. The van der Waals surface area contributed by atoms with E-state index >= 15 is 0 Å². The van der Waals surface area contributed by atoms with E-state index < -0.39 is 24.0 Å². The van der Waals surface area contributed by atoms with Crippen LogP contribution in [0.4, 0.5) is 4.79 Å². The van der Waals surface area contributed by atoms with E-state index in [4.69, 9.17) is 4.74 Å². The minimum absolute atomic E-state index is 0.110. The van der Waals surface area contributed by atoms with Crippen molar-refractivity contribution in [2.45, 2.75) is 30.7 Å². The molecule has 0 aliphatic heterocycles. The number of carboxylic acids is 1. The zero-order valence-electron chi connectivity index (χ0n) is 21.3. The van der Waals surface area contributed by atoms with Gasteiger partial charge in [-0.2, -0.15) is 0 Å². The van der Waals surface area contributed by atoms with E-state index in [2.05, 4.69) is 17.4 Å². The van der Waals surface area contributed by atoms with Gasteiger partial charge in [0, 0.05) is 12.3 Å². The Kier molecular flexibility index (Phi) is 7.83. The molecule has 39 heavy (non-hydrogen) atoms. The van der Waals surface area contributed by atoms with E-state index in [-0.39, 0.29) is 31.1 Å². The molecule has 5 rings (SSSR count). The molecule has 0 bridgehead atoms. The summed E-state index contributed by atoms with van der Waals surface area (Å²) in [6.45, 7) is 0.119. The summed E-state index contributed by atoms with van der Waals surface area (Å²) >= 11 is 0. The molecule has 2 N–H and O–H groups in total. The van der Waals surface area contributed by atoms with Crippen LogP contribution in [0.3, 0.4) is 0 Å². The van der Waals surface area contributed by atoms with Crippen LogP contribution < -0.4 is 5.32 Å². The molecule has 6 heteroatoms. The fourth-order valence-electron chi connectivity index (χ4n) is 5.25. The Bertz CT molecular complexity index is 1420. The van der Waals surface area contributed by atoms with E-state index in [1.165, 1.54) is 0 Å². The van der Waals surface area contributed by atoms with Gasteiger partial charge in [-0.15, -0.1) is 0 Å². The van der Waals surface area contributed by atoms with Crippen LogP contribution in [-0.2, 0) is 20.7 Å². The lowest BCUT2D eigenvalue weighted by Crippen LogP contribution is -2.43. The molecule has 0 heterocycles. The third-order valence-electron chi connectivity index (χ3n) is 7.21. The van der Waals surface area contributed by atoms with Crippen LogP contribution in [0.1, 0.15) is 40.5 Å². The number of Topliss-reactive ketones (excluding diaryl/α,β-unsaturated/α-hetero) is 1. The zero-order chi connectivity index (χ0) is 27.2. The number of ketones is 1. The van der Waals surface area contributed by atoms with Crippen LogP contribution in [0.25, 0.3) is 11.1 Å². The molecule has 0 unspecified atom stereocenters. The number of benzene rings is 4. The molecule has 4 aromatic rings. The minimum Gasteiger partial charge on any atom is -0.481 e. The SMILES string of the molecule is O=C(N[C@@H](Cc1ccccc1)C(=O)C[C@@H](C(=O)O)c1ccccc1)OCC1c2ccccc2-c2ccccc21. The van der Waals surface area contributed by atoms with Crippen molar-refractivity contribution in [1.29, 1.82) is 0 Å². The number of carbonyl (C=O) groups is 3. The number of hydrogen-bond acceptors (Lipinski definition) is 4. The maximum Gasteiger partial charge on any atom is 0.407 e. The van der Waals surface area contributed by atoms with Crippen LogP contribution >= 0.6 is 0 Å². The van der Waals surface area contributed by atoms with Crippen molar-refractivity contribution < 1.29 is 24.2 Å². The topological polar surface area (TPSA) is 92.7 Å². The Morgan fingerprint density at radius 2 is 1.28 bits per heavy atom. The van der Waals surface area contributed by atoms with Crippen molar-refractivity contribution in [2.75, 3.05) is 6.61 Å². The highest BCUT2D eigenvalue weighted by Gasteiger charge is 2.31. The largest absolute Gasteiger partial charge is 0.481 e. The van der Waals surface area contributed by atoms with Gasteiger partial charge in [0.25, 0.3) is 0 Å². The van der Waals surface area contributed by atoms with Gasteiger partial charge in [-0.05, 0) is 39.8 Å². The fraction of sp³-hybridized carbons (Fsp3) is 0.182. The number of hydrogen-bond donors (Lipinski definition) is 2. The average molecular weight is 520 g/mol. The van der Waals surface area contributed by atoms with Gasteiger partial charge in [0.05, 0.1) is 12.0 Å². The molecule has 1 aliphatic rings. The lowest BCUT2D eigenvalue weighted by Gasteiger charge is -2.21. The van der Waals surface area contributed by atoms with E-state index in [1.54, 1.807) is 30.3 Å². The highest BCUT2D eigenvalue weighted by atomic mass is 16.5. The Hall–Kier alpha value is -4.71. The molecule has 1 amide bonds. The second-order valence-corrected chi connectivity index (χ2v) is 9.68. The van der Waals surface area contributed by atoms with Gasteiger partial charge in [0.2, 0.25) is 0 Å². The van der Waals surface area contributed by atoms with Crippen LogP contribution in [0.2, 0.25) is 0 Å². The summed E-state index contributed by atoms with van der Waals surface area (Å²) in [5, 5.41) is 12.6. The molecule has 4 aromatic carbocycles. The van der Waals surface area contributed by atoms with E-state index in [9.17, 15) is 19.5 Å². The molecule has 0 saturated heterocycles. The number of carbonyl (C=O) groups excluding carboxylic acids is 2. The monoisotopic (exact) mass is 519 g/mol. The van der Waals surface area contributed by atoms with Crippen molar-refractivity contribution in [1.82, 2.24) is 5.32 Å².